The van der Waals surface area contributed by atoms with Gasteiger partial charge in [-0.3, -0.25) is 8.98 Å². The van der Waals surface area contributed by atoms with Gasteiger partial charge in [0.1, 0.15) is 0 Å². The van der Waals surface area contributed by atoms with Gasteiger partial charge in [-0.1, -0.05) is 6.58 Å². The minimum Gasteiger partial charge on any atom is -0.365 e. The summed E-state index contributed by atoms with van der Waals surface area (Å²) >= 11 is 0. The SMILES string of the molecule is C=C(C(N)=O)S(=O)(=O)OCC. The molecular weight excluding hydrogens is 170 g/mol. The summed E-state index contributed by atoms with van der Waals surface area (Å²) in [4.78, 5) is 9.56. The summed E-state index contributed by atoms with van der Waals surface area (Å²) in [5, 5.41) is 0. The maximum Gasteiger partial charge on any atom is 0.301 e. The first-order valence-corrected chi connectivity index (χ1v) is 4.20. The molecule has 0 aliphatic carbocycles. The van der Waals surface area contributed by atoms with Gasteiger partial charge in [0.2, 0.25) is 0 Å². The predicted molar refractivity (Wildman–Crippen MR) is 38.9 cm³/mol. The van der Waals surface area contributed by atoms with E-state index in [9.17, 15) is 13.2 Å². The first kappa shape index (κ1) is 10.1. The van der Waals surface area contributed by atoms with Crippen LogP contribution in [0.4, 0.5) is 0 Å². The summed E-state index contributed by atoms with van der Waals surface area (Å²) in [6.07, 6.45) is 0. The molecule has 1 amide bonds. The Balaban J connectivity index is 4.59. The molecular formula is C5H9NO4S. The molecule has 2 N–H and O–H groups in total. The van der Waals surface area contributed by atoms with Gasteiger partial charge in [-0.15, -0.1) is 0 Å². The van der Waals surface area contributed by atoms with Crippen LogP contribution in [0, 0.1) is 0 Å². The molecule has 6 heteroatoms. The zero-order valence-corrected chi connectivity index (χ0v) is 6.85. The van der Waals surface area contributed by atoms with Gasteiger partial charge in [0, 0.05) is 0 Å². The van der Waals surface area contributed by atoms with Gasteiger partial charge >= 0.3 is 10.1 Å². The first-order valence-electron chi connectivity index (χ1n) is 2.80. The Kier molecular flexibility index (Phi) is 3.21. The molecule has 5 nitrogen and oxygen atoms in total. The molecule has 0 aliphatic heterocycles. The van der Waals surface area contributed by atoms with E-state index >= 15 is 0 Å². The number of hydrogen-bond acceptors (Lipinski definition) is 4. The topological polar surface area (TPSA) is 86.5 Å². The molecule has 0 rings (SSSR count). The second-order valence-corrected chi connectivity index (χ2v) is 3.28. The summed E-state index contributed by atoms with van der Waals surface area (Å²) in [5.41, 5.74) is 4.65. The molecule has 64 valence electrons. The largest absolute Gasteiger partial charge is 0.365 e. The maximum absolute atomic E-state index is 10.7. The van der Waals surface area contributed by atoms with Crippen molar-refractivity contribution in [2.24, 2.45) is 5.73 Å². The van der Waals surface area contributed by atoms with Crippen LogP contribution in [0.25, 0.3) is 0 Å². The molecule has 0 spiro atoms. The highest BCUT2D eigenvalue weighted by Crippen LogP contribution is 2.04. The Labute approximate surface area is 65.0 Å². The van der Waals surface area contributed by atoms with Crippen LogP contribution in [-0.4, -0.2) is 20.9 Å². The van der Waals surface area contributed by atoms with Crippen molar-refractivity contribution in [1.29, 1.82) is 0 Å². The third-order valence-electron chi connectivity index (χ3n) is 0.850. The highest BCUT2D eigenvalue weighted by molar-refractivity contribution is 7.91. The van der Waals surface area contributed by atoms with E-state index in [1.54, 1.807) is 0 Å². The quantitative estimate of drug-likeness (QED) is 0.459. The third-order valence-corrected chi connectivity index (χ3v) is 2.20. The molecule has 0 aromatic heterocycles. The smallest absolute Gasteiger partial charge is 0.301 e. The average molecular weight is 179 g/mol. The molecule has 0 saturated carbocycles. The number of hydrogen-bond donors (Lipinski definition) is 1. The third kappa shape index (κ3) is 2.69. The summed E-state index contributed by atoms with van der Waals surface area (Å²) in [6, 6.07) is 0. The zero-order chi connectivity index (χ0) is 9.07. The molecule has 11 heavy (non-hydrogen) atoms. The minimum atomic E-state index is -3.98. The van der Waals surface area contributed by atoms with Gasteiger partial charge in [-0.2, -0.15) is 8.42 Å². The second-order valence-electron chi connectivity index (χ2n) is 1.65. The number of carbonyl (C=O) groups excluding carboxylic acids is 1. The standard InChI is InChI=1S/C5H9NO4S/c1-3-10-11(8,9)4(2)5(6)7/h2-3H2,1H3,(H2,6,7). The van der Waals surface area contributed by atoms with E-state index in [-0.39, 0.29) is 6.61 Å². The maximum atomic E-state index is 10.7. The van der Waals surface area contributed by atoms with E-state index < -0.39 is 20.9 Å². The second kappa shape index (κ2) is 3.49. The summed E-state index contributed by atoms with van der Waals surface area (Å²) in [7, 11) is -3.98. The van der Waals surface area contributed by atoms with Crippen LogP contribution in [0.15, 0.2) is 11.5 Å². The van der Waals surface area contributed by atoms with Crippen LogP contribution < -0.4 is 5.73 Å². The van der Waals surface area contributed by atoms with Gasteiger partial charge in [0.25, 0.3) is 5.91 Å². The highest BCUT2D eigenvalue weighted by Gasteiger charge is 2.20. The molecule has 0 radical (unpaired) electrons. The lowest BCUT2D eigenvalue weighted by atomic mass is 10.6. The van der Waals surface area contributed by atoms with Crippen molar-refractivity contribution < 1.29 is 17.4 Å². The Hall–Kier alpha value is -0.880. The highest BCUT2D eigenvalue weighted by atomic mass is 32.2. The van der Waals surface area contributed by atoms with Gasteiger partial charge in [-0.25, -0.2) is 0 Å². The van der Waals surface area contributed by atoms with E-state index in [4.69, 9.17) is 0 Å². The number of amides is 1. The first-order chi connectivity index (χ1) is 4.91. The van der Waals surface area contributed by atoms with Gasteiger partial charge in [0.05, 0.1) is 6.61 Å². The lowest BCUT2D eigenvalue weighted by Crippen LogP contribution is -2.21. The van der Waals surface area contributed by atoms with Gasteiger partial charge < -0.3 is 5.73 Å². The normalized spacial score (nSPS) is 11.0. The van der Waals surface area contributed by atoms with Gasteiger partial charge in [-0.05, 0) is 6.92 Å². The van der Waals surface area contributed by atoms with Crippen molar-refractivity contribution in [3.63, 3.8) is 0 Å². The van der Waals surface area contributed by atoms with E-state index in [0.717, 1.165) is 0 Å². The van der Waals surface area contributed by atoms with E-state index in [1.807, 2.05) is 0 Å². The molecule has 0 aromatic carbocycles. The Morgan fingerprint density at radius 2 is 2.09 bits per heavy atom. The lowest BCUT2D eigenvalue weighted by Gasteiger charge is -2.01. The van der Waals surface area contributed by atoms with E-state index in [0.29, 0.717) is 0 Å². The minimum absolute atomic E-state index is 0.0470. The Morgan fingerprint density at radius 3 is 2.36 bits per heavy atom. The van der Waals surface area contributed by atoms with Crippen LogP contribution in [0.3, 0.4) is 0 Å². The Bertz CT molecular complexity index is 266. The summed E-state index contributed by atoms with van der Waals surface area (Å²) in [5.74, 6) is -1.10. The van der Waals surface area contributed by atoms with E-state index in [2.05, 4.69) is 16.5 Å². The summed E-state index contributed by atoms with van der Waals surface area (Å²) < 4.78 is 25.7. The number of nitrogens with two attached hydrogens (primary N) is 1. The molecule has 0 fully saturated rings. The molecule has 0 unspecified atom stereocenters. The molecule has 0 atom stereocenters. The van der Waals surface area contributed by atoms with Crippen LogP contribution in [0.2, 0.25) is 0 Å². The van der Waals surface area contributed by atoms with Crippen molar-refractivity contribution in [3.05, 3.63) is 11.5 Å². The van der Waals surface area contributed by atoms with Crippen molar-refractivity contribution >= 4 is 16.0 Å². The van der Waals surface area contributed by atoms with Crippen molar-refractivity contribution in [2.75, 3.05) is 6.61 Å². The number of rotatable bonds is 4. The van der Waals surface area contributed by atoms with Crippen molar-refractivity contribution in [3.8, 4) is 0 Å². The molecule has 0 aliphatic rings. The molecule has 0 bridgehead atoms. The van der Waals surface area contributed by atoms with Crippen LogP contribution >= 0.6 is 0 Å². The zero-order valence-electron chi connectivity index (χ0n) is 6.03. The predicted octanol–water partition coefficient (Wildman–Crippen LogP) is -0.648. The van der Waals surface area contributed by atoms with E-state index in [1.165, 1.54) is 6.92 Å². The molecule has 0 heterocycles. The summed E-state index contributed by atoms with van der Waals surface area (Å²) in [6.45, 7) is 4.39. The van der Waals surface area contributed by atoms with Crippen molar-refractivity contribution in [2.45, 2.75) is 6.92 Å². The fourth-order valence-electron chi connectivity index (χ4n) is 0.349. The fourth-order valence-corrected chi connectivity index (χ4v) is 1.05. The van der Waals surface area contributed by atoms with Crippen LogP contribution in [0.5, 0.6) is 0 Å². The number of primary amides is 1. The average Bonchev–Trinajstić information content (AvgIpc) is 1.86. The molecule has 0 aromatic rings. The monoisotopic (exact) mass is 179 g/mol. The Morgan fingerprint density at radius 1 is 1.64 bits per heavy atom. The molecule has 0 saturated heterocycles. The van der Waals surface area contributed by atoms with Crippen molar-refractivity contribution in [1.82, 2.24) is 0 Å². The van der Waals surface area contributed by atoms with Crippen LogP contribution in [0.1, 0.15) is 6.92 Å². The van der Waals surface area contributed by atoms with Crippen LogP contribution in [-0.2, 0) is 19.1 Å². The lowest BCUT2D eigenvalue weighted by molar-refractivity contribution is -0.113. The fraction of sp³-hybridized carbons (Fsp3) is 0.400. The number of carbonyl (C=O) groups is 1. The van der Waals surface area contributed by atoms with Gasteiger partial charge in [0.15, 0.2) is 4.91 Å².